The summed E-state index contributed by atoms with van der Waals surface area (Å²) in [5.74, 6) is -0.0615. The number of nitrogens with two attached hydrogens (primary N) is 1. The number of primary amides is 1. The van der Waals surface area contributed by atoms with E-state index in [9.17, 15) is 9.59 Å². The average Bonchev–Trinajstić information content (AvgIpc) is 3.34. The fraction of sp³-hybridized carbons (Fsp3) is 0.222. The third-order valence-electron chi connectivity index (χ3n) is 4.10. The summed E-state index contributed by atoms with van der Waals surface area (Å²) in [7, 11) is 0. The molecule has 2 aromatic rings. The molecule has 2 atom stereocenters. The molecular formula is C18H17BrN2O2. The van der Waals surface area contributed by atoms with Crippen LogP contribution in [0.15, 0.2) is 53.0 Å². The lowest BCUT2D eigenvalue weighted by Crippen LogP contribution is -2.25. The molecule has 3 N–H and O–H groups in total. The topological polar surface area (TPSA) is 72.2 Å². The first kappa shape index (κ1) is 15.7. The SMILES string of the molecule is NC(=O)c1cccc(CNC(=O)C2CC2c2ccc(Br)cc2)c1. The Morgan fingerprint density at radius 3 is 2.61 bits per heavy atom. The zero-order valence-corrected chi connectivity index (χ0v) is 14.0. The Kier molecular flexibility index (Phi) is 4.48. The van der Waals surface area contributed by atoms with E-state index in [-0.39, 0.29) is 11.8 Å². The van der Waals surface area contributed by atoms with Gasteiger partial charge in [0.05, 0.1) is 0 Å². The molecule has 3 rings (SSSR count). The number of hydrogen-bond acceptors (Lipinski definition) is 2. The minimum absolute atomic E-state index is 0.0375. The van der Waals surface area contributed by atoms with Gasteiger partial charge < -0.3 is 11.1 Å². The van der Waals surface area contributed by atoms with Crippen LogP contribution < -0.4 is 11.1 Å². The highest BCUT2D eigenvalue weighted by Gasteiger charge is 2.43. The second-order valence-electron chi connectivity index (χ2n) is 5.78. The highest BCUT2D eigenvalue weighted by Crippen LogP contribution is 2.47. The first-order valence-electron chi connectivity index (χ1n) is 7.46. The van der Waals surface area contributed by atoms with E-state index in [1.807, 2.05) is 18.2 Å². The van der Waals surface area contributed by atoms with Gasteiger partial charge >= 0.3 is 0 Å². The summed E-state index contributed by atoms with van der Waals surface area (Å²) in [5.41, 5.74) is 7.78. The number of halogens is 1. The predicted molar refractivity (Wildman–Crippen MR) is 91.8 cm³/mol. The average molecular weight is 373 g/mol. The van der Waals surface area contributed by atoms with Crippen molar-refractivity contribution in [2.75, 3.05) is 0 Å². The minimum atomic E-state index is -0.462. The molecule has 2 amide bonds. The van der Waals surface area contributed by atoms with Gasteiger partial charge in [0.1, 0.15) is 0 Å². The third-order valence-corrected chi connectivity index (χ3v) is 4.63. The van der Waals surface area contributed by atoms with Gasteiger partial charge in [0, 0.05) is 22.5 Å². The van der Waals surface area contributed by atoms with Crippen molar-refractivity contribution in [2.45, 2.75) is 18.9 Å². The second-order valence-corrected chi connectivity index (χ2v) is 6.70. The van der Waals surface area contributed by atoms with Crippen molar-refractivity contribution in [1.82, 2.24) is 5.32 Å². The summed E-state index contributed by atoms with van der Waals surface area (Å²) in [6.45, 7) is 0.406. The van der Waals surface area contributed by atoms with Gasteiger partial charge in [0.2, 0.25) is 11.8 Å². The standard InChI is InChI=1S/C18H17BrN2O2/c19-14-6-4-12(5-7-14)15-9-16(15)18(23)21-10-11-2-1-3-13(8-11)17(20)22/h1-8,15-16H,9-10H2,(H2,20,22)(H,21,23). The zero-order valence-electron chi connectivity index (χ0n) is 12.5. The number of nitrogens with one attached hydrogen (secondary N) is 1. The largest absolute Gasteiger partial charge is 0.366 e. The minimum Gasteiger partial charge on any atom is -0.366 e. The van der Waals surface area contributed by atoms with Crippen LogP contribution in [0, 0.1) is 5.92 Å². The number of carbonyl (C=O) groups excluding carboxylic acids is 2. The predicted octanol–water partition coefficient (Wildman–Crippen LogP) is 2.97. The van der Waals surface area contributed by atoms with Crippen molar-refractivity contribution in [2.24, 2.45) is 11.7 Å². The van der Waals surface area contributed by atoms with Gasteiger partial charge in [-0.25, -0.2) is 0 Å². The quantitative estimate of drug-likeness (QED) is 0.846. The number of hydrogen-bond donors (Lipinski definition) is 2. The molecule has 1 aliphatic carbocycles. The van der Waals surface area contributed by atoms with Gasteiger partial charge in [-0.1, -0.05) is 40.2 Å². The van der Waals surface area contributed by atoms with E-state index in [1.165, 1.54) is 5.56 Å². The number of amides is 2. The van der Waals surface area contributed by atoms with Crippen LogP contribution in [-0.2, 0) is 11.3 Å². The fourth-order valence-corrected chi connectivity index (χ4v) is 2.98. The lowest BCUT2D eigenvalue weighted by Gasteiger charge is -2.06. The molecule has 4 nitrogen and oxygen atoms in total. The normalized spacial score (nSPS) is 19.2. The molecule has 0 heterocycles. The fourth-order valence-electron chi connectivity index (χ4n) is 2.72. The molecule has 1 fully saturated rings. The van der Waals surface area contributed by atoms with Gasteiger partial charge in [-0.15, -0.1) is 0 Å². The smallest absolute Gasteiger partial charge is 0.248 e. The molecular weight excluding hydrogens is 356 g/mol. The lowest BCUT2D eigenvalue weighted by molar-refractivity contribution is -0.122. The summed E-state index contributed by atoms with van der Waals surface area (Å²) in [4.78, 5) is 23.4. The van der Waals surface area contributed by atoms with Crippen LogP contribution in [0.2, 0.25) is 0 Å². The molecule has 2 unspecified atom stereocenters. The highest BCUT2D eigenvalue weighted by atomic mass is 79.9. The van der Waals surface area contributed by atoms with Crippen molar-refractivity contribution < 1.29 is 9.59 Å². The van der Waals surface area contributed by atoms with Crippen LogP contribution in [0.3, 0.4) is 0 Å². The molecule has 2 aromatic carbocycles. The molecule has 0 saturated heterocycles. The summed E-state index contributed by atoms with van der Waals surface area (Å²) in [6.07, 6.45) is 0.884. The van der Waals surface area contributed by atoms with Crippen molar-refractivity contribution in [3.8, 4) is 0 Å². The van der Waals surface area contributed by atoms with Crippen molar-refractivity contribution in [3.63, 3.8) is 0 Å². The summed E-state index contributed by atoms with van der Waals surface area (Å²) in [6, 6.07) is 15.1. The van der Waals surface area contributed by atoms with Gasteiger partial charge in [0.15, 0.2) is 0 Å². The van der Waals surface area contributed by atoms with E-state index < -0.39 is 5.91 Å². The van der Waals surface area contributed by atoms with Crippen LogP contribution in [0.1, 0.15) is 33.8 Å². The molecule has 23 heavy (non-hydrogen) atoms. The molecule has 0 radical (unpaired) electrons. The maximum atomic E-state index is 12.2. The zero-order chi connectivity index (χ0) is 16.4. The number of benzene rings is 2. The third kappa shape index (κ3) is 3.79. The molecule has 0 aliphatic heterocycles. The van der Waals surface area contributed by atoms with Crippen LogP contribution in [0.4, 0.5) is 0 Å². The van der Waals surface area contributed by atoms with Crippen LogP contribution in [0.5, 0.6) is 0 Å². The maximum Gasteiger partial charge on any atom is 0.248 e. The molecule has 0 bridgehead atoms. The van der Waals surface area contributed by atoms with Crippen LogP contribution in [0.25, 0.3) is 0 Å². The van der Waals surface area contributed by atoms with Gasteiger partial charge in [-0.3, -0.25) is 9.59 Å². The Morgan fingerprint density at radius 2 is 1.91 bits per heavy atom. The van der Waals surface area contributed by atoms with Gasteiger partial charge in [0.25, 0.3) is 0 Å². The second kappa shape index (κ2) is 6.54. The molecule has 5 heteroatoms. The van der Waals surface area contributed by atoms with Crippen molar-refractivity contribution in [3.05, 3.63) is 69.7 Å². The monoisotopic (exact) mass is 372 g/mol. The molecule has 118 valence electrons. The van der Waals surface area contributed by atoms with Crippen LogP contribution in [-0.4, -0.2) is 11.8 Å². The Labute approximate surface area is 143 Å². The Balaban J connectivity index is 1.56. The molecule has 0 spiro atoms. The van der Waals surface area contributed by atoms with Gasteiger partial charge in [-0.05, 0) is 47.7 Å². The summed E-state index contributed by atoms with van der Waals surface area (Å²) < 4.78 is 1.04. The maximum absolute atomic E-state index is 12.2. The first-order valence-corrected chi connectivity index (χ1v) is 8.26. The van der Waals surface area contributed by atoms with E-state index in [0.717, 1.165) is 16.5 Å². The summed E-state index contributed by atoms with van der Waals surface area (Å²) >= 11 is 3.41. The Bertz CT molecular complexity index is 743. The molecule has 0 aromatic heterocycles. The van der Waals surface area contributed by atoms with Crippen molar-refractivity contribution >= 4 is 27.7 Å². The van der Waals surface area contributed by atoms with Crippen molar-refractivity contribution in [1.29, 1.82) is 0 Å². The lowest BCUT2D eigenvalue weighted by atomic mass is 10.1. The number of rotatable bonds is 5. The van der Waals surface area contributed by atoms with Gasteiger partial charge in [-0.2, -0.15) is 0 Å². The first-order chi connectivity index (χ1) is 11.0. The van der Waals surface area contributed by atoms with E-state index in [1.54, 1.807) is 18.2 Å². The molecule has 1 aliphatic rings. The van der Waals surface area contributed by atoms with E-state index in [0.29, 0.717) is 18.0 Å². The van der Waals surface area contributed by atoms with E-state index >= 15 is 0 Å². The Morgan fingerprint density at radius 1 is 1.17 bits per heavy atom. The number of carbonyl (C=O) groups is 2. The Hall–Kier alpha value is -2.14. The van der Waals surface area contributed by atoms with E-state index in [4.69, 9.17) is 5.73 Å². The summed E-state index contributed by atoms with van der Waals surface area (Å²) in [5, 5.41) is 2.94. The van der Waals surface area contributed by atoms with E-state index in [2.05, 4.69) is 33.4 Å². The molecule has 1 saturated carbocycles. The van der Waals surface area contributed by atoms with Crippen LogP contribution >= 0.6 is 15.9 Å². The highest BCUT2D eigenvalue weighted by molar-refractivity contribution is 9.10.